The molecule has 0 aliphatic carbocycles. The zero-order chi connectivity index (χ0) is 24.7. The number of aryl methyl sites for hydroxylation is 1. The maximum Gasteiger partial charge on any atom is 0.408 e. The van der Waals surface area contributed by atoms with Crippen LogP contribution >= 0.6 is 9.24 Å². The number of nitrogens with zero attached hydrogens (tertiary/aromatic N) is 3. The first-order valence-corrected chi connectivity index (χ1v) is 12.2. The van der Waals surface area contributed by atoms with Gasteiger partial charge < -0.3 is 10.1 Å². The fourth-order valence-corrected chi connectivity index (χ4v) is 4.19. The number of ether oxygens (including phenoxy) is 1. The average Bonchev–Trinajstić information content (AvgIpc) is 3.23. The molecule has 0 saturated heterocycles. The lowest BCUT2D eigenvalue weighted by Gasteiger charge is -2.23. The van der Waals surface area contributed by atoms with Crippen LogP contribution in [0.1, 0.15) is 52.0 Å². The highest BCUT2D eigenvalue weighted by atomic mass is 31.0. The minimum atomic E-state index is -3.31. The summed E-state index contributed by atoms with van der Waals surface area (Å²) >= 11 is 0. The van der Waals surface area contributed by atoms with Crippen molar-refractivity contribution in [2.75, 3.05) is 5.32 Å². The summed E-state index contributed by atoms with van der Waals surface area (Å²) in [5.74, 6) is -2.12. The Morgan fingerprint density at radius 1 is 1.18 bits per heavy atom. The lowest BCUT2D eigenvalue weighted by Crippen LogP contribution is -2.14. The van der Waals surface area contributed by atoms with Crippen LogP contribution in [-0.4, -0.2) is 20.6 Å². The largest absolute Gasteiger partial charge is 0.430 e. The molecular weight excluding hydrogens is 453 g/mol. The lowest BCUT2D eigenvalue weighted by molar-refractivity contribution is -0.0892. The van der Waals surface area contributed by atoms with Gasteiger partial charge in [-0.25, -0.2) is 4.98 Å². The van der Waals surface area contributed by atoms with Crippen LogP contribution in [0.5, 0.6) is 5.75 Å². The number of rotatable bonds is 11. The Bertz CT molecular complexity index is 1100. The molecule has 0 fully saturated rings. The predicted molar refractivity (Wildman–Crippen MR) is 138 cm³/mol. The summed E-state index contributed by atoms with van der Waals surface area (Å²) in [7, 11) is 3.28. The number of alkyl halides is 2. The van der Waals surface area contributed by atoms with Crippen LogP contribution < -0.4 is 10.1 Å². The second kappa shape index (κ2) is 11.6. The molecule has 34 heavy (non-hydrogen) atoms. The summed E-state index contributed by atoms with van der Waals surface area (Å²) in [6.45, 7) is 6.59. The highest BCUT2D eigenvalue weighted by Gasteiger charge is 2.24. The standard InChI is InChI=1S/C26H33F2N4OP/c1-5-8-9-22(18(6-2)7-3)24-23(19-16-30-32(4)17-19)14-15-29-25(24)31-20-10-12-21(13-11-20)33-26(27,28)34/h9-18H,5-8,34H2,1-4H3,(H,29,31)/b22-9-. The van der Waals surface area contributed by atoms with Gasteiger partial charge in [0, 0.05) is 36.3 Å². The molecule has 1 aromatic carbocycles. The lowest BCUT2D eigenvalue weighted by atomic mass is 9.84. The molecule has 0 spiro atoms. The third-order valence-electron chi connectivity index (χ3n) is 5.70. The Labute approximate surface area is 202 Å². The highest BCUT2D eigenvalue weighted by Crippen LogP contribution is 2.40. The Morgan fingerprint density at radius 2 is 1.88 bits per heavy atom. The highest BCUT2D eigenvalue weighted by molar-refractivity contribution is 7.17. The van der Waals surface area contributed by atoms with Crippen molar-refractivity contribution >= 4 is 26.3 Å². The SMILES string of the molecule is CCC/C=C(\c1c(-c2cnn(C)c2)ccnc1Nc1ccc(OC(F)(F)P)cc1)C(CC)CC. The Morgan fingerprint density at radius 3 is 2.44 bits per heavy atom. The number of nitrogens with one attached hydrogen (secondary N) is 1. The molecule has 182 valence electrons. The first-order valence-electron chi connectivity index (χ1n) is 11.7. The van der Waals surface area contributed by atoms with E-state index in [4.69, 9.17) is 4.98 Å². The van der Waals surface area contributed by atoms with Gasteiger partial charge in [0.15, 0.2) is 0 Å². The molecule has 2 aromatic heterocycles. The number of anilines is 2. The van der Waals surface area contributed by atoms with Gasteiger partial charge in [-0.2, -0.15) is 13.9 Å². The van der Waals surface area contributed by atoms with Crippen molar-refractivity contribution in [2.45, 2.75) is 52.3 Å². The summed E-state index contributed by atoms with van der Waals surface area (Å²) < 4.78 is 32.7. The molecule has 5 nitrogen and oxygen atoms in total. The zero-order valence-corrected chi connectivity index (χ0v) is 21.3. The topological polar surface area (TPSA) is 52.0 Å². The molecule has 3 rings (SSSR count). The number of hydrogen-bond acceptors (Lipinski definition) is 4. The third-order valence-corrected chi connectivity index (χ3v) is 5.82. The molecule has 3 aromatic rings. The summed E-state index contributed by atoms with van der Waals surface area (Å²) in [6.07, 6.45) is 12.0. The number of aromatic nitrogens is 3. The van der Waals surface area contributed by atoms with Gasteiger partial charge in [-0.3, -0.25) is 4.68 Å². The molecule has 0 aliphatic rings. The predicted octanol–water partition coefficient (Wildman–Crippen LogP) is 7.65. The number of hydrogen-bond donors (Lipinski definition) is 1. The van der Waals surface area contributed by atoms with E-state index < -0.39 is 5.85 Å². The van der Waals surface area contributed by atoms with Crippen LogP contribution in [0.4, 0.5) is 20.3 Å². The van der Waals surface area contributed by atoms with Gasteiger partial charge in [0.25, 0.3) is 0 Å². The summed E-state index contributed by atoms with van der Waals surface area (Å²) in [4.78, 5) is 4.70. The van der Waals surface area contributed by atoms with Gasteiger partial charge in [-0.05, 0) is 75.9 Å². The van der Waals surface area contributed by atoms with Crippen LogP contribution in [0.2, 0.25) is 0 Å². The number of allylic oxidation sites excluding steroid dienone is 2. The molecule has 0 saturated carbocycles. The second-order valence-electron chi connectivity index (χ2n) is 8.26. The maximum atomic E-state index is 13.2. The Kier molecular flexibility index (Phi) is 8.78. The molecular formula is C26H33F2N4OP. The van der Waals surface area contributed by atoms with Gasteiger partial charge in [0.1, 0.15) is 11.6 Å². The molecule has 0 amide bonds. The molecule has 1 atom stereocenters. The number of halogens is 2. The van der Waals surface area contributed by atoms with E-state index in [0.29, 0.717) is 5.92 Å². The third kappa shape index (κ3) is 6.63. The van der Waals surface area contributed by atoms with Gasteiger partial charge in [-0.1, -0.05) is 33.3 Å². The first kappa shape index (κ1) is 25.8. The monoisotopic (exact) mass is 486 g/mol. The van der Waals surface area contributed by atoms with E-state index in [1.807, 2.05) is 25.5 Å². The van der Waals surface area contributed by atoms with E-state index >= 15 is 0 Å². The van der Waals surface area contributed by atoms with Crippen LogP contribution in [0, 0.1) is 5.92 Å². The van der Waals surface area contributed by atoms with Crippen molar-refractivity contribution in [1.82, 2.24) is 14.8 Å². The van der Waals surface area contributed by atoms with Crippen LogP contribution in [-0.2, 0) is 7.05 Å². The van der Waals surface area contributed by atoms with Crippen molar-refractivity contribution in [3.8, 4) is 16.9 Å². The molecule has 2 heterocycles. The zero-order valence-electron chi connectivity index (χ0n) is 20.2. The van der Waals surface area contributed by atoms with E-state index in [1.165, 1.54) is 26.9 Å². The molecule has 0 bridgehead atoms. The van der Waals surface area contributed by atoms with E-state index in [0.717, 1.165) is 53.9 Å². The number of benzene rings is 1. The van der Waals surface area contributed by atoms with Gasteiger partial charge in [0.05, 0.1) is 6.20 Å². The minimum Gasteiger partial charge on any atom is -0.430 e. The van der Waals surface area contributed by atoms with E-state index in [1.54, 1.807) is 23.0 Å². The number of unbranched alkanes of at least 4 members (excludes halogenated alkanes) is 1. The summed E-state index contributed by atoms with van der Waals surface area (Å²) in [5, 5.41) is 7.78. The Hall–Kier alpha value is -2.79. The van der Waals surface area contributed by atoms with Crippen molar-refractivity contribution in [1.29, 1.82) is 0 Å². The minimum absolute atomic E-state index is 0.0865. The number of pyridine rings is 1. The quantitative estimate of drug-likeness (QED) is 0.283. The van der Waals surface area contributed by atoms with E-state index in [2.05, 4.69) is 42.0 Å². The average molecular weight is 487 g/mol. The van der Waals surface area contributed by atoms with Crippen molar-refractivity contribution in [2.24, 2.45) is 13.0 Å². The molecule has 8 heteroatoms. The summed E-state index contributed by atoms with van der Waals surface area (Å²) in [6, 6.07) is 8.47. The van der Waals surface area contributed by atoms with Crippen molar-refractivity contribution < 1.29 is 13.5 Å². The van der Waals surface area contributed by atoms with E-state index in [9.17, 15) is 8.78 Å². The van der Waals surface area contributed by atoms with Gasteiger partial charge >= 0.3 is 5.85 Å². The second-order valence-corrected chi connectivity index (χ2v) is 8.93. The summed E-state index contributed by atoms with van der Waals surface area (Å²) in [5.41, 5.74) is 5.12. The fraction of sp³-hybridized carbons (Fsp3) is 0.385. The maximum absolute atomic E-state index is 13.2. The van der Waals surface area contributed by atoms with Crippen LogP contribution in [0.15, 0.2) is 55.0 Å². The van der Waals surface area contributed by atoms with Gasteiger partial charge in [0.2, 0.25) is 0 Å². The van der Waals surface area contributed by atoms with Crippen molar-refractivity contribution in [3.63, 3.8) is 0 Å². The van der Waals surface area contributed by atoms with Crippen LogP contribution in [0.25, 0.3) is 16.7 Å². The van der Waals surface area contributed by atoms with Gasteiger partial charge in [-0.15, -0.1) is 0 Å². The van der Waals surface area contributed by atoms with Crippen LogP contribution in [0.3, 0.4) is 0 Å². The molecule has 0 radical (unpaired) electrons. The Balaban J connectivity index is 2.10. The molecule has 1 N–H and O–H groups in total. The normalized spacial score (nSPS) is 12.3. The molecule has 1 unspecified atom stereocenters. The fourth-order valence-electron chi connectivity index (χ4n) is 4.05. The van der Waals surface area contributed by atoms with Crippen molar-refractivity contribution in [3.05, 3.63) is 60.6 Å². The van der Waals surface area contributed by atoms with E-state index in [-0.39, 0.29) is 5.75 Å². The first-order chi connectivity index (χ1) is 16.3. The molecule has 0 aliphatic heterocycles. The smallest absolute Gasteiger partial charge is 0.408 e.